The van der Waals surface area contributed by atoms with Gasteiger partial charge in [0.15, 0.2) is 17.7 Å². The molecule has 0 spiro atoms. The number of benzene rings is 2. The smallest absolute Gasteiger partial charge is 0.267 e. The molecule has 2 amide bonds. The molecule has 2 aromatic carbocycles. The van der Waals surface area contributed by atoms with Gasteiger partial charge < -0.3 is 15.0 Å². The summed E-state index contributed by atoms with van der Waals surface area (Å²) in [7, 11) is 1.82. The predicted octanol–water partition coefficient (Wildman–Crippen LogP) is 2.96. The van der Waals surface area contributed by atoms with E-state index >= 15 is 4.39 Å². The third-order valence-corrected chi connectivity index (χ3v) is 6.10. The molecule has 0 saturated heterocycles. The molecule has 8 nitrogen and oxygen atoms in total. The maximum atomic E-state index is 15.2. The Bertz CT molecular complexity index is 1170. The summed E-state index contributed by atoms with van der Waals surface area (Å²) in [5, 5.41) is 12.9. The molecule has 2 aromatic rings. The number of fused-ring (bicyclic) bond motifs is 2. The van der Waals surface area contributed by atoms with E-state index in [1.54, 1.807) is 29.0 Å². The molecule has 1 N–H and O–H groups in total. The van der Waals surface area contributed by atoms with Crippen LogP contribution in [0.25, 0.3) is 11.1 Å². The number of nitrogens with zero attached hydrogens (tertiary/aromatic N) is 4. The van der Waals surface area contributed by atoms with Crippen molar-refractivity contribution in [2.75, 3.05) is 31.6 Å². The first-order chi connectivity index (χ1) is 15.2. The number of rotatable bonds is 3. The van der Waals surface area contributed by atoms with E-state index in [1.165, 1.54) is 6.07 Å². The molecule has 5 rings (SSSR count). The summed E-state index contributed by atoms with van der Waals surface area (Å²) in [6, 6.07) is 8.66. The fourth-order valence-corrected chi connectivity index (χ4v) is 4.55. The van der Waals surface area contributed by atoms with Gasteiger partial charge in [-0.2, -0.15) is 5.11 Å². The molecule has 3 aliphatic heterocycles. The molecule has 1 unspecified atom stereocenters. The summed E-state index contributed by atoms with van der Waals surface area (Å²) < 4.78 is 20.8. The zero-order chi connectivity index (χ0) is 22.6. The van der Waals surface area contributed by atoms with Crippen molar-refractivity contribution in [1.82, 2.24) is 10.3 Å². The highest BCUT2D eigenvalue weighted by Gasteiger charge is 2.40. The molecular formula is C23H24FN5O3. The summed E-state index contributed by atoms with van der Waals surface area (Å²) in [6.07, 6.45) is -0.0508. The number of halogens is 1. The minimum absolute atomic E-state index is 0.0449. The van der Waals surface area contributed by atoms with Gasteiger partial charge in [-0.05, 0) is 55.2 Å². The van der Waals surface area contributed by atoms with Crippen molar-refractivity contribution in [3.05, 3.63) is 47.3 Å². The maximum absolute atomic E-state index is 15.2. The van der Waals surface area contributed by atoms with Gasteiger partial charge in [0.05, 0.1) is 18.8 Å². The Morgan fingerprint density at radius 3 is 2.81 bits per heavy atom. The monoisotopic (exact) mass is 437 g/mol. The lowest BCUT2D eigenvalue weighted by Gasteiger charge is -2.36. The fourth-order valence-electron chi connectivity index (χ4n) is 4.55. The van der Waals surface area contributed by atoms with Gasteiger partial charge in [-0.15, -0.1) is 0 Å². The molecule has 0 aliphatic carbocycles. The third kappa shape index (κ3) is 3.37. The lowest BCUT2D eigenvalue weighted by molar-refractivity contribution is -0.125. The molecular weight excluding hydrogens is 413 g/mol. The Kier molecular flexibility index (Phi) is 4.65. The van der Waals surface area contributed by atoms with Crippen molar-refractivity contribution in [1.29, 1.82) is 0 Å². The third-order valence-electron chi connectivity index (χ3n) is 6.10. The van der Waals surface area contributed by atoms with Crippen molar-refractivity contribution in [3.8, 4) is 16.9 Å². The summed E-state index contributed by atoms with van der Waals surface area (Å²) in [6.45, 7) is 4.92. The van der Waals surface area contributed by atoms with Gasteiger partial charge >= 0.3 is 0 Å². The van der Waals surface area contributed by atoms with E-state index in [9.17, 15) is 9.59 Å². The van der Waals surface area contributed by atoms with Crippen LogP contribution >= 0.6 is 0 Å². The van der Waals surface area contributed by atoms with Gasteiger partial charge in [-0.1, -0.05) is 17.4 Å². The van der Waals surface area contributed by atoms with Crippen LogP contribution in [-0.4, -0.2) is 55.1 Å². The zero-order valence-corrected chi connectivity index (χ0v) is 18.2. The van der Waals surface area contributed by atoms with Crippen molar-refractivity contribution >= 4 is 17.5 Å². The molecule has 0 bridgehead atoms. The highest BCUT2D eigenvalue weighted by Crippen LogP contribution is 2.41. The first kappa shape index (κ1) is 20.4. The van der Waals surface area contributed by atoms with Crippen LogP contribution in [0, 0.1) is 5.82 Å². The Morgan fingerprint density at radius 1 is 1.25 bits per heavy atom. The van der Waals surface area contributed by atoms with E-state index in [0.717, 1.165) is 12.0 Å². The first-order valence-corrected chi connectivity index (χ1v) is 10.6. The number of hydrogen-bond acceptors (Lipinski definition) is 6. The molecule has 0 fully saturated rings. The Balaban J connectivity index is 1.58. The van der Waals surface area contributed by atoms with Crippen LogP contribution in [0.15, 0.2) is 40.7 Å². The Hall–Kier alpha value is -3.49. The minimum atomic E-state index is -0.810. The minimum Gasteiger partial charge on any atom is -0.476 e. The summed E-state index contributed by atoms with van der Waals surface area (Å²) in [5.74, 6) is -0.906. The van der Waals surface area contributed by atoms with Crippen molar-refractivity contribution in [3.63, 3.8) is 0 Å². The van der Waals surface area contributed by atoms with Crippen molar-refractivity contribution in [2.45, 2.75) is 31.9 Å². The van der Waals surface area contributed by atoms with Gasteiger partial charge in [0.1, 0.15) is 5.54 Å². The zero-order valence-electron chi connectivity index (χ0n) is 18.2. The van der Waals surface area contributed by atoms with Crippen LogP contribution in [0.2, 0.25) is 0 Å². The lowest BCUT2D eigenvalue weighted by atomic mass is 9.94. The van der Waals surface area contributed by atoms with Crippen molar-refractivity contribution in [2.24, 2.45) is 10.3 Å². The largest absolute Gasteiger partial charge is 0.476 e. The molecule has 0 radical (unpaired) electrons. The molecule has 2 atom stereocenters. The number of carbonyl (C=O) groups excluding carboxylic acids is 2. The Morgan fingerprint density at radius 2 is 2.06 bits per heavy atom. The molecule has 166 valence electrons. The molecule has 3 aliphatic rings. The summed E-state index contributed by atoms with van der Waals surface area (Å²) >= 11 is 0. The van der Waals surface area contributed by atoms with E-state index in [4.69, 9.17) is 4.74 Å². The van der Waals surface area contributed by atoms with E-state index in [-0.39, 0.29) is 24.1 Å². The van der Waals surface area contributed by atoms with Crippen molar-refractivity contribution < 1.29 is 18.7 Å². The van der Waals surface area contributed by atoms with Crippen LogP contribution in [0.3, 0.4) is 0 Å². The van der Waals surface area contributed by atoms with Gasteiger partial charge in [0.25, 0.3) is 11.8 Å². The number of hydrogen-bond donors (Lipinski definition) is 1. The van der Waals surface area contributed by atoms with Gasteiger partial charge in [-0.3, -0.25) is 14.6 Å². The van der Waals surface area contributed by atoms with Gasteiger partial charge in [0, 0.05) is 19.2 Å². The second-order valence-electron chi connectivity index (χ2n) is 8.87. The highest BCUT2D eigenvalue weighted by atomic mass is 19.1. The van der Waals surface area contributed by atoms with E-state index in [0.29, 0.717) is 35.5 Å². The van der Waals surface area contributed by atoms with E-state index in [2.05, 4.69) is 15.7 Å². The number of nitrogens with one attached hydrogen (secondary N) is 1. The standard InChI is InChI=1S/C23H24FN5O3/c1-13-22(31)29(12-23(2)11-28(3)27-26-23)19-10-16(9-18(24)20(19)32-13)15-5-4-14-6-7-25-21(30)17(14)8-15/h4-5,8-10,13H,6-7,11-12H2,1-3H3,(H,25,30)/t13-,23?/m1/s1. The number of carbonyl (C=O) groups is 2. The second-order valence-corrected chi connectivity index (χ2v) is 8.87. The topological polar surface area (TPSA) is 86.6 Å². The Labute approximate surface area is 185 Å². The van der Waals surface area contributed by atoms with Crippen LogP contribution in [0.5, 0.6) is 5.75 Å². The molecule has 3 heterocycles. The van der Waals surface area contributed by atoms with E-state index < -0.39 is 17.5 Å². The van der Waals surface area contributed by atoms with Crippen LogP contribution < -0.4 is 15.0 Å². The second kappa shape index (κ2) is 7.29. The average molecular weight is 437 g/mol. The van der Waals surface area contributed by atoms with Crippen LogP contribution in [0.1, 0.15) is 29.8 Å². The SMILES string of the molecule is C[C@H]1Oc2c(F)cc(-c3ccc4c(c3)C(=O)NCC4)cc2N(CC2(C)CN(C)N=N2)C1=O. The normalized spacial score (nSPS) is 24.2. The molecule has 0 aromatic heterocycles. The molecule has 32 heavy (non-hydrogen) atoms. The molecule has 9 heteroatoms. The summed E-state index contributed by atoms with van der Waals surface area (Å²) in [5.41, 5.74) is 2.56. The highest BCUT2D eigenvalue weighted by molar-refractivity contribution is 6.01. The van der Waals surface area contributed by atoms with Crippen LogP contribution in [0.4, 0.5) is 10.1 Å². The van der Waals surface area contributed by atoms with Crippen LogP contribution in [-0.2, 0) is 11.2 Å². The van der Waals surface area contributed by atoms with E-state index in [1.807, 2.05) is 26.1 Å². The van der Waals surface area contributed by atoms with Gasteiger partial charge in [-0.25, -0.2) is 4.39 Å². The fraction of sp³-hybridized carbons (Fsp3) is 0.391. The average Bonchev–Trinajstić information content (AvgIpc) is 3.10. The quantitative estimate of drug-likeness (QED) is 0.800. The lowest BCUT2D eigenvalue weighted by Crippen LogP contribution is -2.51. The molecule has 0 saturated carbocycles. The van der Waals surface area contributed by atoms with Gasteiger partial charge in [0.2, 0.25) is 0 Å². The maximum Gasteiger partial charge on any atom is 0.267 e. The number of amides is 2. The predicted molar refractivity (Wildman–Crippen MR) is 116 cm³/mol. The summed E-state index contributed by atoms with van der Waals surface area (Å²) in [4.78, 5) is 26.8. The number of ether oxygens (including phenoxy) is 1. The number of anilines is 1. The number of likely N-dealkylation sites (N-methyl/N-ethyl adjacent to an activating group) is 1. The first-order valence-electron chi connectivity index (χ1n) is 10.6.